The van der Waals surface area contributed by atoms with Crippen molar-refractivity contribution in [3.63, 3.8) is 0 Å². The first-order valence-electron chi connectivity index (χ1n) is 16.8. The van der Waals surface area contributed by atoms with E-state index in [4.69, 9.17) is 18.3 Å². The summed E-state index contributed by atoms with van der Waals surface area (Å²) in [6, 6.07) is 35.2. The van der Waals surface area contributed by atoms with Crippen LogP contribution in [0.5, 0.6) is 0 Å². The van der Waals surface area contributed by atoms with Crippen LogP contribution in [0.2, 0.25) is 23.2 Å². The molecule has 4 atom stereocenters. The summed E-state index contributed by atoms with van der Waals surface area (Å²) in [5.41, 5.74) is -0.297. The third kappa shape index (κ3) is 7.48. The second-order valence-corrected chi connectivity index (χ2v) is 23.2. The van der Waals surface area contributed by atoms with Gasteiger partial charge in [-0.1, -0.05) is 139 Å². The molecule has 1 heterocycles. The highest BCUT2D eigenvalue weighted by atomic mass is 28.4. The summed E-state index contributed by atoms with van der Waals surface area (Å²) in [5.74, 6) is 0. The minimum Gasteiger partial charge on any atom is -0.411 e. The van der Waals surface area contributed by atoms with Gasteiger partial charge in [0.15, 0.2) is 8.32 Å². The van der Waals surface area contributed by atoms with Crippen molar-refractivity contribution in [2.75, 3.05) is 6.61 Å². The van der Waals surface area contributed by atoms with E-state index in [0.717, 1.165) is 23.7 Å². The molecule has 0 bridgehead atoms. The fraction of sp³-hybridized carbons (Fsp3) is 0.487. The molecule has 3 aromatic rings. The summed E-state index contributed by atoms with van der Waals surface area (Å²) in [4.78, 5) is 0. The van der Waals surface area contributed by atoms with Crippen LogP contribution in [-0.2, 0) is 24.9 Å². The van der Waals surface area contributed by atoms with Gasteiger partial charge in [0.25, 0.3) is 8.32 Å². The lowest BCUT2D eigenvalue weighted by atomic mass is 9.82. The molecule has 4 nitrogen and oxygen atoms in total. The fourth-order valence-electron chi connectivity index (χ4n) is 7.10. The van der Waals surface area contributed by atoms with Gasteiger partial charge in [-0.25, -0.2) is 0 Å². The first-order chi connectivity index (χ1) is 21.4. The molecule has 0 aliphatic carbocycles. The summed E-state index contributed by atoms with van der Waals surface area (Å²) >= 11 is 0. The van der Waals surface area contributed by atoms with Gasteiger partial charge in [0.2, 0.25) is 0 Å². The molecular weight excluding hydrogens is 589 g/mol. The maximum Gasteiger partial charge on any atom is 0.261 e. The Morgan fingerprint density at radius 1 is 0.800 bits per heavy atom. The molecule has 0 radical (unpaired) electrons. The second-order valence-electron chi connectivity index (χ2n) is 14.1. The lowest BCUT2D eigenvalue weighted by Gasteiger charge is -2.55. The minimum atomic E-state index is -2.81. The largest absolute Gasteiger partial charge is 0.411 e. The zero-order valence-corrected chi connectivity index (χ0v) is 31.0. The van der Waals surface area contributed by atoms with E-state index in [1.165, 1.54) is 10.4 Å². The van der Waals surface area contributed by atoms with Gasteiger partial charge in [0.1, 0.15) is 11.2 Å². The van der Waals surface area contributed by atoms with E-state index in [0.29, 0.717) is 19.6 Å². The van der Waals surface area contributed by atoms with Crippen molar-refractivity contribution in [1.82, 2.24) is 0 Å². The molecule has 0 aromatic heterocycles. The predicted molar refractivity (Wildman–Crippen MR) is 193 cm³/mol. The van der Waals surface area contributed by atoms with Gasteiger partial charge in [0.05, 0.1) is 25.4 Å². The highest BCUT2D eigenvalue weighted by Gasteiger charge is 2.56. The quantitative estimate of drug-likeness (QED) is 0.130. The molecule has 0 amide bonds. The Hall–Kier alpha value is -2.33. The first-order valence-corrected chi connectivity index (χ1v) is 21.3. The molecule has 0 saturated carbocycles. The Kier molecular flexibility index (Phi) is 11.5. The second kappa shape index (κ2) is 14.6. The normalized spacial score (nSPS) is 24.4. The van der Waals surface area contributed by atoms with Crippen LogP contribution in [0, 0.1) is 0 Å². The zero-order valence-electron chi connectivity index (χ0n) is 29.0. The van der Waals surface area contributed by atoms with E-state index in [-0.39, 0.29) is 17.2 Å². The summed E-state index contributed by atoms with van der Waals surface area (Å²) in [5, 5.41) is 2.35. The van der Waals surface area contributed by atoms with Crippen molar-refractivity contribution in [3.8, 4) is 0 Å². The summed E-state index contributed by atoms with van der Waals surface area (Å²) < 4.78 is 28.8. The third-order valence-corrected chi connectivity index (χ3v) is 19.9. The lowest BCUT2D eigenvalue weighted by molar-refractivity contribution is -0.262. The molecule has 45 heavy (non-hydrogen) atoms. The fourth-order valence-corrected chi connectivity index (χ4v) is 14.7. The van der Waals surface area contributed by atoms with Crippen LogP contribution in [0.4, 0.5) is 0 Å². The van der Waals surface area contributed by atoms with Crippen LogP contribution < -0.4 is 10.4 Å². The van der Waals surface area contributed by atoms with Crippen molar-refractivity contribution in [2.24, 2.45) is 0 Å². The highest BCUT2D eigenvalue weighted by molar-refractivity contribution is 6.99. The summed E-state index contributed by atoms with van der Waals surface area (Å²) in [6.45, 7) is 23.2. The van der Waals surface area contributed by atoms with E-state index in [1.807, 2.05) is 12.1 Å². The molecule has 0 N–H and O–H groups in total. The van der Waals surface area contributed by atoms with Crippen LogP contribution in [-0.4, -0.2) is 46.7 Å². The van der Waals surface area contributed by atoms with E-state index in [2.05, 4.69) is 147 Å². The van der Waals surface area contributed by atoms with Crippen LogP contribution in [0.1, 0.15) is 67.4 Å². The standard InChI is InChI=1S/C39H56O4Si2/c1-10-38(8)36(42-44(11-2,12-3)13-4)29-35(40-30-32-23-17-14-18-24-32)39(9,43-38)31-41-45(37(5,6)7,33-25-19-15-20-26-33)34-27-21-16-22-28-34/h10,14-28,35-36H,1,11-13,29-31H2,2-9H3/t35-,36+,38-,39+/m1/s1. The summed E-state index contributed by atoms with van der Waals surface area (Å²) in [7, 11) is -4.75. The predicted octanol–water partition coefficient (Wildman–Crippen LogP) is 8.66. The zero-order chi connectivity index (χ0) is 32.8. The average molecular weight is 645 g/mol. The molecule has 0 unspecified atom stereocenters. The van der Waals surface area contributed by atoms with E-state index in [1.54, 1.807) is 0 Å². The molecule has 0 spiro atoms. The van der Waals surface area contributed by atoms with Crippen LogP contribution in [0.3, 0.4) is 0 Å². The Bertz CT molecular complexity index is 1290. The Balaban J connectivity index is 1.77. The molecule has 244 valence electrons. The monoisotopic (exact) mass is 644 g/mol. The van der Waals surface area contributed by atoms with Gasteiger partial charge in [0, 0.05) is 6.42 Å². The number of hydrogen-bond acceptors (Lipinski definition) is 4. The molecule has 1 fully saturated rings. The topological polar surface area (TPSA) is 36.9 Å². The minimum absolute atomic E-state index is 0.150. The van der Waals surface area contributed by atoms with E-state index >= 15 is 0 Å². The Morgan fingerprint density at radius 3 is 1.73 bits per heavy atom. The SMILES string of the molecule is C=C[C@@]1(C)O[C@@](C)(CO[Si](c2ccccc2)(c2ccccc2)C(C)(C)C)[C@H](OCc2ccccc2)C[C@@H]1O[Si](CC)(CC)CC. The number of rotatable bonds is 14. The van der Waals surface area contributed by atoms with Crippen molar-refractivity contribution < 1.29 is 18.3 Å². The van der Waals surface area contributed by atoms with Gasteiger partial charge in [-0.3, -0.25) is 0 Å². The molecule has 1 aliphatic heterocycles. The lowest BCUT2D eigenvalue weighted by Crippen LogP contribution is -2.70. The van der Waals surface area contributed by atoms with Crippen LogP contribution >= 0.6 is 0 Å². The van der Waals surface area contributed by atoms with Crippen LogP contribution in [0.25, 0.3) is 0 Å². The highest BCUT2D eigenvalue weighted by Crippen LogP contribution is 2.44. The van der Waals surface area contributed by atoms with Crippen molar-refractivity contribution >= 4 is 27.0 Å². The Morgan fingerprint density at radius 2 is 1.29 bits per heavy atom. The number of benzene rings is 3. The molecule has 6 heteroatoms. The molecule has 4 rings (SSSR count). The molecule has 1 aliphatic rings. The number of ether oxygens (including phenoxy) is 2. The van der Waals surface area contributed by atoms with Gasteiger partial charge in [-0.15, -0.1) is 6.58 Å². The smallest absolute Gasteiger partial charge is 0.261 e. The van der Waals surface area contributed by atoms with Gasteiger partial charge < -0.3 is 18.3 Å². The maximum absolute atomic E-state index is 7.50. The molecular formula is C39H56O4Si2. The number of hydrogen-bond donors (Lipinski definition) is 0. The first kappa shape index (κ1) is 35.5. The van der Waals surface area contributed by atoms with Gasteiger partial charge in [-0.2, -0.15) is 0 Å². The van der Waals surface area contributed by atoms with Crippen molar-refractivity contribution in [1.29, 1.82) is 0 Å². The van der Waals surface area contributed by atoms with Gasteiger partial charge in [-0.05, 0) is 53.0 Å². The van der Waals surface area contributed by atoms with Gasteiger partial charge >= 0.3 is 0 Å². The molecule has 3 aromatic carbocycles. The third-order valence-electron chi connectivity index (χ3n) is 10.2. The Labute approximate surface area is 275 Å². The summed E-state index contributed by atoms with van der Waals surface area (Å²) in [6.07, 6.45) is 2.27. The average Bonchev–Trinajstić information content (AvgIpc) is 3.05. The molecule has 1 saturated heterocycles. The van der Waals surface area contributed by atoms with E-state index in [9.17, 15) is 0 Å². The van der Waals surface area contributed by atoms with E-state index < -0.39 is 27.8 Å². The maximum atomic E-state index is 7.50. The van der Waals surface area contributed by atoms with Crippen LogP contribution in [0.15, 0.2) is 104 Å². The van der Waals surface area contributed by atoms with Crippen molar-refractivity contribution in [2.45, 2.75) is 115 Å². The van der Waals surface area contributed by atoms with Crippen molar-refractivity contribution in [3.05, 3.63) is 109 Å².